The van der Waals surface area contributed by atoms with E-state index in [0.717, 1.165) is 43.2 Å². The predicted octanol–water partition coefficient (Wildman–Crippen LogP) is 2.03. The lowest BCUT2D eigenvalue weighted by atomic mass is 9.48. The van der Waals surface area contributed by atoms with Gasteiger partial charge < -0.3 is 16.2 Å². The molecule has 4 N–H and O–H groups in total. The largest absolute Gasteiger partial charge is 0.393 e. The van der Waals surface area contributed by atoms with Crippen LogP contribution in [0.2, 0.25) is 0 Å². The molecular formula is C17H30N2O. The molecule has 114 valence electrons. The van der Waals surface area contributed by atoms with Gasteiger partial charge in [0.1, 0.15) is 0 Å². The van der Waals surface area contributed by atoms with Crippen molar-refractivity contribution in [2.45, 2.75) is 76.0 Å². The molecular weight excluding hydrogens is 248 g/mol. The van der Waals surface area contributed by atoms with Crippen molar-refractivity contribution in [2.24, 2.45) is 28.9 Å². The molecule has 0 aliphatic heterocycles. The van der Waals surface area contributed by atoms with E-state index in [-0.39, 0.29) is 6.10 Å². The standard InChI is InChI=1S/C17H30N2O/c18-10-17-7-11-5-12(8-17)16(13(6-11)9-17)19-14-1-3-15(20)4-2-14/h11-16,19-20H,1-10,18H2/t11?,12-,13+,14-,15+,16-,17-. The third-order valence-electron chi connectivity index (χ3n) is 6.96. The molecule has 0 aromatic heterocycles. The van der Waals surface area contributed by atoms with Gasteiger partial charge in [-0.2, -0.15) is 0 Å². The summed E-state index contributed by atoms with van der Waals surface area (Å²) in [7, 11) is 0. The van der Waals surface area contributed by atoms with Crippen LogP contribution in [0.3, 0.4) is 0 Å². The van der Waals surface area contributed by atoms with Crippen LogP contribution in [-0.2, 0) is 0 Å². The number of rotatable bonds is 3. The first-order chi connectivity index (χ1) is 9.67. The van der Waals surface area contributed by atoms with Gasteiger partial charge in [-0.25, -0.2) is 0 Å². The first kappa shape index (κ1) is 13.5. The Morgan fingerprint density at radius 2 is 1.65 bits per heavy atom. The van der Waals surface area contributed by atoms with E-state index in [4.69, 9.17) is 5.73 Å². The van der Waals surface area contributed by atoms with Gasteiger partial charge in [-0.3, -0.25) is 0 Å². The number of nitrogens with two attached hydrogens (primary N) is 1. The highest BCUT2D eigenvalue weighted by molar-refractivity contribution is 5.08. The number of hydrogen-bond acceptors (Lipinski definition) is 3. The number of aliphatic hydroxyl groups excluding tert-OH is 1. The van der Waals surface area contributed by atoms with Crippen molar-refractivity contribution < 1.29 is 5.11 Å². The fourth-order valence-electron chi connectivity index (χ4n) is 6.23. The maximum Gasteiger partial charge on any atom is 0.0541 e. The zero-order valence-electron chi connectivity index (χ0n) is 12.6. The van der Waals surface area contributed by atoms with E-state index >= 15 is 0 Å². The summed E-state index contributed by atoms with van der Waals surface area (Å²) in [5.41, 5.74) is 6.64. The van der Waals surface area contributed by atoms with E-state index in [1.165, 1.54) is 44.9 Å². The molecule has 4 bridgehead atoms. The summed E-state index contributed by atoms with van der Waals surface area (Å²) in [4.78, 5) is 0. The molecule has 5 fully saturated rings. The molecule has 5 rings (SSSR count). The Morgan fingerprint density at radius 3 is 2.25 bits per heavy atom. The average Bonchev–Trinajstić information content (AvgIpc) is 2.44. The molecule has 0 aromatic rings. The van der Waals surface area contributed by atoms with E-state index in [1.807, 2.05) is 0 Å². The molecule has 5 saturated carbocycles. The molecule has 5 aliphatic rings. The summed E-state index contributed by atoms with van der Waals surface area (Å²) >= 11 is 0. The quantitative estimate of drug-likeness (QED) is 0.740. The minimum atomic E-state index is -0.0351. The Bertz CT molecular complexity index is 348. The zero-order valence-corrected chi connectivity index (χ0v) is 12.6. The molecule has 0 saturated heterocycles. The molecule has 5 atom stereocenters. The molecule has 1 unspecified atom stereocenters. The van der Waals surface area contributed by atoms with Crippen LogP contribution >= 0.6 is 0 Å². The van der Waals surface area contributed by atoms with Gasteiger partial charge >= 0.3 is 0 Å². The van der Waals surface area contributed by atoms with E-state index in [0.29, 0.717) is 11.5 Å². The van der Waals surface area contributed by atoms with Crippen LogP contribution in [0, 0.1) is 23.2 Å². The predicted molar refractivity (Wildman–Crippen MR) is 80.2 cm³/mol. The molecule has 0 aromatic carbocycles. The third kappa shape index (κ3) is 2.22. The number of nitrogens with one attached hydrogen (secondary N) is 1. The van der Waals surface area contributed by atoms with Crippen LogP contribution in [0.4, 0.5) is 0 Å². The van der Waals surface area contributed by atoms with Crippen molar-refractivity contribution in [3.63, 3.8) is 0 Å². The van der Waals surface area contributed by atoms with Crippen LogP contribution < -0.4 is 11.1 Å². The lowest BCUT2D eigenvalue weighted by Gasteiger charge is -2.60. The minimum absolute atomic E-state index is 0.0351. The first-order valence-corrected chi connectivity index (χ1v) is 8.82. The fourth-order valence-corrected chi connectivity index (χ4v) is 6.23. The Kier molecular flexibility index (Phi) is 3.36. The highest BCUT2D eigenvalue weighted by Crippen LogP contribution is 2.59. The summed E-state index contributed by atoms with van der Waals surface area (Å²) < 4.78 is 0. The highest BCUT2D eigenvalue weighted by Gasteiger charge is 2.54. The van der Waals surface area contributed by atoms with Gasteiger partial charge in [0.15, 0.2) is 0 Å². The molecule has 0 amide bonds. The molecule has 0 heterocycles. The second kappa shape index (κ2) is 4.96. The van der Waals surface area contributed by atoms with Crippen LogP contribution in [0.15, 0.2) is 0 Å². The second-order valence-corrected chi connectivity index (χ2v) is 8.37. The second-order valence-electron chi connectivity index (χ2n) is 8.37. The van der Waals surface area contributed by atoms with Crippen molar-refractivity contribution in [2.75, 3.05) is 6.54 Å². The fraction of sp³-hybridized carbons (Fsp3) is 1.00. The molecule has 3 heteroatoms. The third-order valence-corrected chi connectivity index (χ3v) is 6.96. The Labute approximate surface area is 122 Å². The van der Waals surface area contributed by atoms with Gasteiger partial charge in [-0.15, -0.1) is 0 Å². The van der Waals surface area contributed by atoms with Crippen LogP contribution in [0.25, 0.3) is 0 Å². The van der Waals surface area contributed by atoms with Crippen molar-refractivity contribution in [3.05, 3.63) is 0 Å². The molecule has 0 spiro atoms. The smallest absolute Gasteiger partial charge is 0.0541 e. The zero-order chi connectivity index (χ0) is 13.7. The normalized spacial score (nSPS) is 54.3. The Balaban J connectivity index is 1.43. The molecule has 0 radical (unpaired) electrons. The first-order valence-electron chi connectivity index (χ1n) is 8.82. The van der Waals surface area contributed by atoms with E-state index in [9.17, 15) is 5.11 Å². The summed E-state index contributed by atoms with van der Waals surface area (Å²) in [6.45, 7) is 0.916. The van der Waals surface area contributed by atoms with Gasteiger partial charge in [0.2, 0.25) is 0 Å². The Morgan fingerprint density at radius 1 is 1.00 bits per heavy atom. The van der Waals surface area contributed by atoms with Gasteiger partial charge in [-0.1, -0.05) is 0 Å². The van der Waals surface area contributed by atoms with Crippen molar-refractivity contribution in [1.29, 1.82) is 0 Å². The van der Waals surface area contributed by atoms with E-state index < -0.39 is 0 Å². The van der Waals surface area contributed by atoms with Gasteiger partial charge in [-0.05, 0) is 87.5 Å². The van der Waals surface area contributed by atoms with Crippen molar-refractivity contribution >= 4 is 0 Å². The van der Waals surface area contributed by atoms with Gasteiger partial charge in [0.05, 0.1) is 6.10 Å². The molecule has 5 aliphatic carbocycles. The lowest BCUT2D eigenvalue weighted by Crippen LogP contribution is -2.61. The molecule has 3 nitrogen and oxygen atoms in total. The van der Waals surface area contributed by atoms with Crippen LogP contribution in [-0.4, -0.2) is 29.8 Å². The Hall–Kier alpha value is -0.120. The van der Waals surface area contributed by atoms with Gasteiger partial charge in [0.25, 0.3) is 0 Å². The SMILES string of the molecule is NC[C@]12CC3C[C@H](C1)[C@@H](N[C@H]1CC[C@@H](O)CC1)[C@@H](C3)C2. The summed E-state index contributed by atoms with van der Waals surface area (Å²) in [6.07, 6.45) is 11.4. The maximum atomic E-state index is 9.66. The average molecular weight is 278 g/mol. The summed E-state index contributed by atoms with van der Waals surface area (Å²) in [5.74, 6) is 2.75. The minimum Gasteiger partial charge on any atom is -0.393 e. The number of hydrogen-bond donors (Lipinski definition) is 3. The topological polar surface area (TPSA) is 58.3 Å². The molecule has 20 heavy (non-hydrogen) atoms. The van der Waals surface area contributed by atoms with Gasteiger partial charge in [0, 0.05) is 12.1 Å². The summed E-state index contributed by atoms with van der Waals surface area (Å²) in [5, 5.41) is 13.7. The highest BCUT2D eigenvalue weighted by atomic mass is 16.3. The lowest BCUT2D eigenvalue weighted by molar-refractivity contribution is -0.0756. The number of aliphatic hydroxyl groups is 1. The van der Waals surface area contributed by atoms with Crippen molar-refractivity contribution in [1.82, 2.24) is 5.32 Å². The van der Waals surface area contributed by atoms with E-state index in [1.54, 1.807) is 0 Å². The van der Waals surface area contributed by atoms with Crippen molar-refractivity contribution in [3.8, 4) is 0 Å². The monoisotopic (exact) mass is 278 g/mol. The maximum absolute atomic E-state index is 9.66. The summed E-state index contributed by atoms with van der Waals surface area (Å²) in [6, 6.07) is 1.42. The van der Waals surface area contributed by atoms with Crippen LogP contribution in [0.1, 0.15) is 57.8 Å². The van der Waals surface area contributed by atoms with E-state index in [2.05, 4.69) is 5.32 Å². The van der Waals surface area contributed by atoms with Crippen LogP contribution in [0.5, 0.6) is 0 Å².